The van der Waals surface area contributed by atoms with Crippen LogP contribution < -0.4 is 5.43 Å². The van der Waals surface area contributed by atoms with Gasteiger partial charge in [-0.25, -0.2) is 0 Å². The zero-order chi connectivity index (χ0) is 9.94. The van der Waals surface area contributed by atoms with Crippen LogP contribution in [0.5, 0.6) is 0 Å². The molecule has 0 aromatic carbocycles. The lowest BCUT2D eigenvalue weighted by atomic mass is 10.2. The smallest absolute Gasteiger partial charge is 0.0566 e. The van der Waals surface area contributed by atoms with Crippen LogP contribution in [0.2, 0.25) is 0 Å². The maximum atomic E-state index is 4.11. The number of nitrogens with one attached hydrogen (secondary N) is 1. The van der Waals surface area contributed by atoms with Crippen molar-refractivity contribution >= 4 is 5.71 Å². The van der Waals surface area contributed by atoms with Crippen LogP contribution in [0, 0.1) is 0 Å². The van der Waals surface area contributed by atoms with E-state index in [1.54, 1.807) is 6.08 Å². The molecular formula is C11H22N2. The van der Waals surface area contributed by atoms with Gasteiger partial charge in [0, 0.05) is 6.54 Å². The van der Waals surface area contributed by atoms with Crippen LogP contribution in [-0.4, -0.2) is 12.3 Å². The molecule has 0 radical (unpaired) electrons. The van der Waals surface area contributed by atoms with Crippen LogP contribution in [0.15, 0.2) is 17.8 Å². The summed E-state index contributed by atoms with van der Waals surface area (Å²) in [5.41, 5.74) is 3.98. The molecule has 2 nitrogen and oxygen atoms in total. The minimum absolute atomic E-state index is 0.952. The molecule has 0 fully saturated rings. The Morgan fingerprint density at radius 2 is 2.00 bits per heavy atom. The highest BCUT2D eigenvalue weighted by Gasteiger charge is 1.87. The summed E-state index contributed by atoms with van der Waals surface area (Å²) in [7, 11) is 0. The first-order valence-corrected chi connectivity index (χ1v) is 5.20. The van der Waals surface area contributed by atoms with Crippen molar-refractivity contribution < 1.29 is 0 Å². The van der Waals surface area contributed by atoms with Gasteiger partial charge in [0.05, 0.1) is 5.71 Å². The number of allylic oxidation sites excluding steroid dienone is 1. The molecule has 0 atom stereocenters. The molecule has 0 spiro atoms. The quantitative estimate of drug-likeness (QED) is 0.348. The molecule has 0 saturated carbocycles. The van der Waals surface area contributed by atoms with Crippen LogP contribution in [-0.2, 0) is 0 Å². The van der Waals surface area contributed by atoms with E-state index in [1.165, 1.54) is 32.1 Å². The van der Waals surface area contributed by atoms with Crippen molar-refractivity contribution in [2.24, 2.45) is 5.10 Å². The molecule has 2 heteroatoms. The van der Waals surface area contributed by atoms with Gasteiger partial charge in [0.15, 0.2) is 0 Å². The molecule has 0 amide bonds. The Hall–Kier alpha value is -0.790. The minimum atomic E-state index is 0.952. The highest BCUT2D eigenvalue weighted by molar-refractivity contribution is 5.91. The lowest BCUT2D eigenvalue weighted by molar-refractivity contribution is 0.596. The van der Waals surface area contributed by atoms with Crippen LogP contribution in [0.25, 0.3) is 0 Å². The van der Waals surface area contributed by atoms with Crippen LogP contribution in [0.4, 0.5) is 0 Å². The fourth-order valence-electron chi connectivity index (χ4n) is 1.03. The Kier molecular flexibility index (Phi) is 8.73. The fourth-order valence-corrected chi connectivity index (χ4v) is 1.03. The van der Waals surface area contributed by atoms with Crippen molar-refractivity contribution in [1.82, 2.24) is 5.43 Å². The van der Waals surface area contributed by atoms with Crippen LogP contribution in [0.3, 0.4) is 0 Å². The second-order valence-corrected chi connectivity index (χ2v) is 3.28. The zero-order valence-corrected chi connectivity index (χ0v) is 8.97. The lowest BCUT2D eigenvalue weighted by Gasteiger charge is -2.00. The first-order valence-electron chi connectivity index (χ1n) is 5.20. The Balaban J connectivity index is 3.12. The van der Waals surface area contributed by atoms with E-state index in [0.29, 0.717) is 0 Å². The maximum absolute atomic E-state index is 4.11. The Bertz CT molecular complexity index is 150. The van der Waals surface area contributed by atoms with E-state index in [2.05, 4.69) is 24.0 Å². The summed E-state index contributed by atoms with van der Waals surface area (Å²) in [6, 6.07) is 0. The average Bonchev–Trinajstić information content (AvgIpc) is 2.16. The van der Waals surface area contributed by atoms with Crippen molar-refractivity contribution in [2.75, 3.05) is 6.54 Å². The van der Waals surface area contributed by atoms with E-state index >= 15 is 0 Å². The number of unbranched alkanes of at least 4 members (excludes halogenated alkanes) is 4. The Labute approximate surface area is 82.1 Å². The predicted octanol–water partition coefficient (Wildman–Crippen LogP) is 3.11. The van der Waals surface area contributed by atoms with E-state index in [-0.39, 0.29) is 0 Å². The summed E-state index contributed by atoms with van der Waals surface area (Å²) in [5, 5.41) is 4.11. The summed E-state index contributed by atoms with van der Waals surface area (Å²) in [6.07, 6.45) is 8.29. The van der Waals surface area contributed by atoms with Gasteiger partial charge in [-0.15, -0.1) is 0 Å². The molecule has 0 bridgehead atoms. The van der Waals surface area contributed by atoms with Gasteiger partial charge in [0.2, 0.25) is 0 Å². The summed E-state index contributed by atoms with van der Waals surface area (Å²) < 4.78 is 0. The standard InChI is InChI=1S/C11H22N2/c1-4-6-7-8-9-10-12-13-11(3)5-2/h5,12H,2,4,6-10H2,1,3H3. The van der Waals surface area contributed by atoms with Gasteiger partial charge in [-0.3, -0.25) is 0 Å². The Morgan fingerprint density at radius 1 is 1.31 bits per heavy atom. The van der Waals surface area contributed by atoms with E-state index in [4.69, 9.17) is 0 Å². The number of hydrogen-bond donors (Lipinski definition) is 1. The molecule has 0 heterocycles. The molecule has 0 aromatic heterocycles. The molecular weight excluding hydrogens is 160 g/mol. The minimum Gasteiger partial charge on any atom is -0.310 e. The number of nitrogens with zero attached hydrogens (tertiary/aromatic N) is 1. The number of rotatable bonds is 8. The summed E-state index contributed by atoms with van der Waals surface area (Å²) in [4.78, 5) is 0. The highest BCUT2D eigenvalue weighted by atomic mass is 15.3. The van der Waals surface area contributed by atoms with Gasteiger partial charge in [0.1, 0.15) is 0 Å². The summed E-state index contributed by atoms with van der Waals surface area (Å²) in [6.45, 7) is 8.78. The molecule has 0 saturated heterocycles. The van der Waals surface area contributed by atoms with Gasteiger partial charge in [-0.2, -0.15) is 5.10 Å². The molecule has 76 valence electrons. The third-order valence-electron chi connectivity index (χ3n) is 1.94. The highest BCUT2D eigenvalue weighted by Crippen LogP contribution is 2.00. The SMILES string of the molecule is C=CC(C)=NNCCCCCCC. The van der Waals surface area contributed by atoms with E-state index in [0.717, 1.165) is 12.3 Å². The first kappa shape index (κ1) is 12.2. The third kappa shape index (κ3) is 9.12. The van der Waals surface area contributed by atoms with Crippen molar-refractivity contribution in [1.29, 1.82) is 0 Å². The van der Waals surface area contributed by atoms with Crippen molar-refractivity contribution in [3.05, 3.63) is 12.7 Å². The van der Waals surface area contributed by atoms with Crippen molar-refractivity contribution in [3.8, 4) is 0 Å². The van der Waals surface area contributed by atoms with Gasteiger partial charge in [-0.1, -0.05) is 39.2 Å². The average molecular weight is 182 g/mol. The van der Waals surface area contributed by atoms with E-state index in [9.17, 15) is 0 Å². The van der Waals surface area contributed by atoms with Gasteiger partial charge in [-0.05, 0) is 19.4 Å². The fraction of sp³-hybridized carbons (Fsp3) is 0.727. The van der Waals surface area contributed by atoms with Crippen molar-refractivity contribution in [2.45, 2.75) is 46.0 Å². The molecule has 0 aliphatic rings. The van der Waals surface area contributed by atoms with Crippen molar-refractivity contribution in [3.63, 3.8) is 0 Å². The maximum Gasteiger partial charge on any atom is 0.0566 e. The monoisotopic (exact) mass is 182 g/mol. The molecule has 0 aliphatic carbocycles. The predicted molar refractivity (Wildman–Crippen MR) is 60.1 cm³/mol. The molecule has 0 rings (SSSR count). The molecule has 13 heavy (non-hydrogen) atoms. The largest absolute Gasteiger partial charge is 0.310 e. The van der Waals surface area contributed by atoms with Crippen LogP contribution in [0.1, 0.15) is 46.0 Å². The number of hydrazone groups is 1. The van der Waals surface area contributed by atoms with Gasteiger partial charge in [0.25, 0.3) is 0 Å². The molecule has 1 N–H and O–H groups in total. The number of hydrogen-bond acceptors (Lipinski definition) is 2. The second-order valence-electron chi connectivity index (χ2n) is 3.28. The topological polar surface area (TPSA) is 24.4 Å². The van der Waals surface area contributed by atoms with E-state index in [1.807, 2.05) is 6.92 Å². The lowest BCUT2D eigenvalue weighted by Crippen LogP contribution is -2.09. The van der Waals surface area contributed by atoms with Gasteiger partial charge < -0.3 is 5.43 Å². The first-order chi connectivity index (χ1) is 6.31. The summed E-state index contributed by atoms with van der Waals surface area (Å²) in [5.74, 6) is 0. The zero-order valence-electron chi connectivity index (χ0n) is 8.97. The van der Waals surface area contributed by atoms with E-state index < -0.39 is 0 Å². The van der Waals surface area contributed by atoms with Gasteiger partial charge >= 0.3 is 0 Å². The Morgan fingerprint density at radius 3 is 2.62 bits per heavy atom. The third-order valence-corrected chi connectivity index (χ3v) is 1.94. The summed E-state index contributed by atoms with van der Waals surface area (Å²) >= 11 is 0. The molecule has 0 aliphatic heterocycles. The van der Waals surface area contributed by atoms with Crippen LogP contribution >= 0.6 is 0 Å². The second kappa shape index (κ2) is 9.30. The molecule has 0 unspecified atom stereocenters. The molecule has 0 aromatic rings. The normalized spacial score (nSPS) is 11.4.